The van der Waals surface area contributed by atoms with Crippen molar-refractivity contribution in [2.24, 2.45) is 23.2 Å². The predicted octanol–water partition coefficient (Wildman–Crippen LogP) is 3.41. The van der Waals surface area contributed by atoms with Gasteiger partial charge in [-0.05, 0) is 42.9 Å². The number of nitrogens with one attached hydrogen (secondary N) is 4. The van der Waals surface area contributed by atoms with Crippen LogP contribution in [0, 0.1) is 23.2 Å². The topological polar surface area (TPSA) is 157 Å². The van der Waals surface area contributed by atoms with Crippen LogP contribution in [0.3, 0.4) is 0 Å². The number of hydrogen-bond donors (Lipinski definition) is 4. The van der Waals surface area contributed by atoms with Crippen LogP contribution >= 0.6 is 0 Å². The minimum atomic E-state index is -4.65. The van der Waals surface area contributed by atoms with Crippen LogP contribution in [0.4, 0.5) is 18.0 Å². The van der Waals surface area contributed by atoms with E-state index in [4.69, 9.17) is 0 Å². The van der Waals surface area contributed by atoms with Crippen molar-refractivity contribution in [3.63, 3.8) is 0 Å². The molecule has 1 heterocycles. The SMILES string of the molecule is C=CCNC(=O)C(=O)C(CCC(F)(F)F)NC(=O)C1C[C@@H](C(C)C)CN1C(=O)C(NC(=O)NC(C)C(=O)N(C)C)C(C)(C)C.CC(C)C. The van der Waals surface area contributed by atoms with Crippen molar-refractivity contribution in [3.8, 4) is 0 Å². The van der Waals surface area contributed by atoms with E-state index in [1.165, 1.54) is 36.9 Å². The number of amides is 6. The minimum absolute atomic E-state index is 0.0117. The lowest BCUT2D eigenvalue weighted by Crippen LogP contribution is -2.61. The van der Waals surface area contributed by atoms with Crippen LogP contribution in [0.1, 0.15) is 81.6 Å². The first-order valence-electron chi connectivity index (χ1n) is 16.2. The third kappa shape index (κ3) is 15.5. The van der Waals surface area contributed by atoms with Gasteiger partial charge in [0.05, 0.1) is 6.04 Å². The highest BCUT2D eigenvalue weighted by molar-refractivity contribution is 6.38. The zero-order valence-electron chi connectivity index (χ0n) is 30.3. The summed E-state index contributed by atoms with van der Waals surface area (Å²) in [6.45, 7) is 20.3. The van der Waals surface area contributed by atoms with Gasteiger partial charge in [-0.15, -0.1) is 6.58 Å². The van der Waals surface area contributed by atoms with Gasteiger partial charge in [0, 0.05) is 33.6 Å². The van der Waals surface area contributed by atoms with E-state index in [-0.39, 0.29) is 37.3 Å². The zero-order chi connectivity index (χ0) is 37.7. The lowest BCUT2D eigenvalue weighted by Gasteiger charge is -2.36. The number of carbonyl (C=O) groups excluding carboxylic acids is 6. The average molecular weight is 691 g/mol. The Labute approximate surface area is 283 Å². The molecule has 4 unspecified atom stereocenters. The van der Waals surface area contributed by atoms with Crippen LogP contribution < -0.4 is 21.3 Å². The molecule has 12 nitrogen and oxygen atoms in total. The molecule has 1 rings (SSSR count). The second-order valence-electron chi connectivity index (χ2n) is 14.4. The van der Waals surface area contributed by atoms with Gasteiger partial charge in [-0.1, -0.05) is 61.5 Å². The molecule has 0 spiro atoms. The standard InChI is InChI=1S/C29H47F3N6O6.C4H10/c1-10-13-33-24(41)21(39)19(11-12-29(30,31)32)35-23(40)20-14-18(16(2)3)15-38(20)26(43)22(28(5,6)7)36-27(44)34-17(4)25(42)37(8)9;1-4(2)3/h10,16-20,22H,1,11-15H2,2-9H3,(H,33,41)(H,35,40)(H2,34,36,44);4H,1-3H3/t17?,18-,19?,20?,22?;/m1./s1. The van der Waals surface area contributed by atoms with Crippen molar-refractivity contribution < 1.29 is 41.9 Å². The lowest BCUT2D eigenvalue weighted by molar-refractivity contribution is -0.147. The van der Waals surface area contributed by atoms with Gasteiger partial charge >= 0.3 is 12.2 Å². The number of carbonyl (C=O) groups is 6. The summed E-state index contributed by atoms with van der Waals surface area (Å²) in [4.78, 5) is 80.2. The Kier molecular flexibility index (Phi) is 17.9. The summed E-state index contributed by atoms with van der Waals surface area (Å²) in [6.07, 6.45) is -5.53. The maximum atomic E-state index is 14.0. The Morgan fingerprint density at radius 3 is 1.92 bits per heavy atom. The highest BCUT2D eigenvalue weighted by atomic mass is 19.4. The summed E-state index contributed by atoms with van der Waals surface area (Å²) in [6, 6.07) is -5.83. The van der Waals surface area contributed by atoms with Crippen molar-refractivity contribution in [1.82, 2.24) is 31.1 Å². The molecule has 5 atom stereocenters. The number of urea groups is 1. The van der Waals surface area contributed by atoms with Gasteiger partial charge in [0.1, 0.15) is 18.1 Å². The van der Waals surface area contributed by atoms with E-state index in [2.05, 4.69) is 48.6 Å². The first-order chi connectivity index (χ1) is 21.8. The van der Waals surface area contributed by atoms with Crippen LogP contribution in [-0.2, 0) is 24.0 Å². The summed E-state index contributed by atoms with van der Waals surface area (Å²) >= 11 is 0. The largest absolute Gasteiger partial charge is 0.389 e. The van der Waals surface area contributed by atoms with Crippen molar-refractivity contribution in [3.05, 3.63) is 12.7 Å². The van der Waals surface area contributed by atoms with Crippen molar-refractivity contribution in [2.45, 2.75) is 112 Å². The Hall–Kier alpha value is -3.65. The molecular formula is C33H57F3N6O6. The summed E-state index contributed by atoms with van der Waals surface area (Å²) in [7, 11) is 3.05. The minimum Gasteiger partial charge on any atom is -0.347 e. The smallest absolute Gasteiger partial charge is 0.347 e. The highest BCUT2D eigenvalue weighted by Gasteiger charge is 2.46. The van der Waals surface area contributed by atoms with Gasteiger partial charge in [0.15, 0.2) is 0 Å². The number of likely N-dealkylation sites (tertiary alicyclic amines) is 1. The zero-order valence-corrected chi connectivity index (χ0v) is 30.3. The number of rotatable bonds is 13. The molecule has 15 heteroatoms. The van der Waals surface area contributed by atoms with Gasteiger partial charge in [0.25, 0.3) is 5.91 Å². The van der Waals surface area contributed by atoms with Crippen molar-refractivity contribution in [1.29, 1.82) is 0 Å². The van der Waals surface area contributed by atoms with E-state index in [0.717, 1.165) is 5.92 Å². The molecule has 1 aliphatic heterocycles. The van der Waals surface area contributed by atoms with E-state index < -0.39 is 78.1 Å². The van der Waals surface area contributed by atoms with E-state index in [0.29, 0.717) is 0 Å². The normalized spacial score (nSPS) is 18.1. The fraction of sp³-hybridized carbons (Fsp3) is 0.758. The Morgan fingerprint density at radius 2 is 1.48 bits per heavy atom. The van der Waals surface area contributed by atoms with Gasteiger partial charge in [-0.2, -0.15) is 13.2 Å². The third-order valence-corrected chi connectivity index (χ3v) is 7.39. The molecule has 1 saturated heterocycles. The molecule has 48 heavy (non-hydrogen) atoms. The molecule has 0 aliphatic carbocycles. The van der Waals surface area contributed by atoms with Gasteiger partial charge < -0.3 is 31.1 Å². The Morgan fingerprint density at radius 1 is 0.938 bits per heavy atom. The van der Waals surface area contributed by atoms with Crippen LogP contribution in [0.15, 0.2) is 12.7 Å². The number of ketones is 1. The van der Waals surface area contributed by atoms with Crippen molar-refractivity contribution in [2.75, 3.05) is 27.2 Å². The lowest BCUT2D eigenvalue weighted by atomic mass is 9.85. The second kappa shape index (κ2) is 19.4. The fourth-order valence-corrected chi connectivity index (χ4v) is 4.73. The first-order valence-corrected chi connectivity index (χ1v) is 16.2. The van der Waals surface area contributed by atoms with Crippen LogP contribution in [0.5, 0.6) is 0 Å². The maximum Gasteiger partial charge on any atom is 0.389 e. The molecule has 0 bridgehead atoms. The number of alkyl halides is 3. The van der Waals surface area contributed by atoms with Gasteiger partial charge in [-0.3, -0.25) is 24.0 Å². The molecule has 0 aromatic heterocycles. The van der Waals surface area contributed by atoms with E-state index >= 15 is 0 Å². The molecule has 6 amide bonds. The predicted molar refractivity (Wildman–Crippen MR) is 177 cm³/mol. The quantitative estimate of drug-likeness (QED) is 0.172. The fourth-order valence-electron chi connectivity index (χ4n) is 4.73. The molecule has 0 aromatic rings. The molecule has 0 aromatic carbocycles. The highest BCUT2D eigenvalue weighted by Crippen LogP contribution is 2.32. The summed E-state index contributed by atoms with van der Waals surface area (Å²) < 4.78 is 39.1. The second-order valence-corrected chi connectivity index (χ2v) is 14.4. The number of likely N-dealkylation sites (N-methyl/N-ethyl adjacent to an activating group) is 1. The number of hydrogen-bond acceptors (Lipinski definition) is 6. The molecular weight excluding hydrogens is 633 g/mol. The molecule has 276 valence electrons. The Balaban J connectivity index is 0.00000520. The van der Waals surface area contributed by atoms with E-state index in [9.17, 15) is 41.9 Å². The first kappa shape index (κ1) is 44.4. The molecule has 0 radical (unpaired) electrons. The summed E-state index contributed by atoms with van der Waals surface area (Å²) in [5.74, 6) is -3.65. The monoisotopic (exact) mass is 690 g/mol. The number of Topliss-reactive ketones (excluding diaryl/α,β-unsaturated/α-hetero) is 1. The molecule has 1 fully saturated rings. The van der Waals surface area contributed by atoms with E-state index in [1.54, 1.807) is 20.8 Å². The molecule has 0 saturated carbocycles. The van der Waals surface area contributed by atoms with Crippen molar-refractivity contribution >= 4 is 35.4 Å². The summed E-state index contributed by atoms with van der Waals surface area (Å²) in [5.41, 5.74) is -0.866. The Bertz CT molecular complexity index is 1130. The maximum absolute atomic E-state index is 14.0. The number of halogens is 3. The summed E-state index contributed by atoms with van der Waals surface area (Å²) in [5, 5.41) is 9.60. The van der Waals surface area contributed by atoms with Crippen LogP contribution in [-0.4, -0.2) is 103 Å². The van der Waals surface area contributed by atoms with Gasteiger partial charge in [0.2, 0.25) is 23.5 Å². The van der Waals surface area contributed by atoms with Crippen LogP contribution in [0.2, 0.25) is 0 Å². The van der Waals surface area contributed by atoms with Crippen LogP contribution in [0.25, 0.3) is 0 Å². The molecule has 1 aliphatic rings. The third-order valence-electron chi connectivity index (χ3n) is 7.39. The molecule has 4 N–H and O–H groups in total. The average Bonchev–Trinajstić information content (AvgIpc) is 3.40. The van der Waals surface area contributed by atoms with Gasteiger partial charge in [-0.25, -0.2) is 4.79 Å². The number of nitrogens with zero attached hydrogens (tertiary/aromatic N) is 2. The van der Waals surface area contributed by atoms with E-state index in [1.807, 2.05) is 13.8 Å².